The van der Waals surface area contributed by atoms with Gasteiger partial charge in [0.1, 0.15) is 18.0 Å². The van der Waals surface area contributed by atoms with Crippen molar-refractivity contribution >= 4 is 5.82 Å². The Balaban J connectivity index is 1.67. The Morgan fingerprint density at radius 1 is 1.14 bits per heavy atom. The molecule has 0 aliphatic carbocycles. The van der Waals surface area contributed by atoms with E-state index in [9.17, 15) is 0 Å². The molecule has 0 aromatic carbocycles. The molecule has 0 N–H and O–H groups in total. The maximum atomic E-state index is 4.46. The van der Waals surface area contributed by atoms with Crippen LogP contribution >= 0.6 is 0 Å². The van der Waals surface area contributed by atoms with Gasteiger partial charge in [0.05, 0.1) is 6.04 Å². The predicted octanol–water partition coefficient (Wildman–Crippen LogP) is 1.48. The first kappa shape index (κ1) is 14.0. The monoisotopic (exact) mass is 286 g/mol. The Morgan fingerprint density at radius 3 is 2.76 bits per heavy atom. The summed E-state index contributed by atoms with van der Waals surface area (Å²) in [5, 5.41) is 8.23. The summed E-state index contributed by atoms with van der Waals surface area (Å²) in [6, 6.07) is 6.39. The van der Waals surface area contributed by atoms with E-state index in [1.165, 1.54) is 0 Å². The average Bonchev–Trinajstić information content (AvgIpc) is 2.80. The molecule has 1 atom stereocenters. The molecule has 6 nitrogen and oxygen atoms in total. The molecule has 3 heterocycles. The van der Waals surface area contributed by atoms with Gasteiger partial charge >= 0.3 is 0 Å². The van der Waals surface area contributed by atoms with Gasteiger partial charge in [0.25, 0.3) is 0 Å². The molecule has 21 heavy (non-hydrogen) atoms. The van der Waals surface area contributed by atoms with Crippen molar-refractivity contribution in [2.45, 2.75) is 19.4 Å². The number of rotatable bonds is 3. The molecule has 0 bridgehead atoms. The van der Waals surface area contributed by atoms with Crippen LogP contribution in [0.3, 0.4) is 0 Å². The third-order valence-electron chi connectivity index (χ3n) is 4.17. The standard InChI is InChI=1S/C15H22N6/c1-13(15-18-17-12-19(15)2)20-8-5-9-21(11-10-20)14-6-3-4-7-16-14/h3-4,6-7,12-13H,5,8-11H2,1-2H3. The van der Waals surface area contributed by atoms with Gasteiger partial charge in [-0.2, -0.15) is 0 Å². The Kier molecular flexibility index (Phi) is 4.15. The minimum absolute atomic E-state index is 0.293. The van der Waals surface area contributed by atoms with Crippen molar-refractivity contribution in [2.24, 2.45) is 7.05 Å². The minimum atomic E-state index is 0.293. The van der Waals surface area contributed by atoms with Crippen LogP contribution in [0.15, 0.2) is 30.7 Å². The van der Waals surface area contributed by atoms with Crippen molar-refractivity contribution in [2.75, 3.05) is 31.1 Å². The maximum Gasteiger partial charge on any atom is 0.149 e. The summed E-state index contributed by atoms with van der Waals surface area (Å²) < 4.78 is 2.01. The zero-order valence-electron chi connectivity index (χ0n) is 12.7. The van der Waals surface area contributed by atoms with E-state index in [1.54, 1.807) is 6.33 Å². The molecule has 1 aliphatic rings. The summed E-state index contributed by atoms with van der Waals surface area (Å²) in [5.41, 5.74) is 0. The predicted molar refractivity (Wildman–Crippen MR) is 82.1 cm³/mol. The summed E-state index contributed by atoms with van der Waals surface area (Å²) in [6.45, 7) is 6.36. The first-order valence-electron chi connectivity index (χ1n) is 7.49. The average molecular weight is 286 g/mol. The molecule has 0 spiro atoms. The summed E-state index contributed by atoms with van der Waals surface area (Å²) >= 11 is 0. The number of hydrogen-bond donors (Lipinski definition) is 0. The Labute approximate surface area is 125 Å². The van der Waals surface area contributed by atoms with E-state index in [0.29, 0.717) is 6.04 Å². The molecule has 1 aliphatic heterocycles. The Morgan fingerprint density at radius 2 is 2.05 bits per heavy atom. The van der Waals surface area contributed by atoms with Gasteiger partial charge in [-0.3, -0.25) is 4.90 Å². The highest BCUT2D eigenvalue weighted by atomic mass is 15.3. The summed E-state index contributed by atoms with van der Waals surface area (Å²) in [5.74, 6) is 2.10. The van der Waals surface area contributed by atoms with Crippen LogP contribution in [-0.4, -0.2) is 50.8 Å². The Hall–Kier alpha value is -1.95. The third kappa shape index (κ3) is 3.05. The topological polar surface area (TPSA) is 50.1 Å². The number of anilines is 1. The molecule has 1 fully saturated rings. The first-order valence-corrected chi connectivity index (χ1v) is 7.49. The molecule has 0 radical (unpaired) electrons. The van der Waals surface area contributed by atoms with Gasteiger partial charge in [-0.1, -0.05) is 6.07 Å². The third-order valence-corrected chi connectivity index (χ3v) is 4.17. The van der Waals surface area contributed by atoms with Crippen molar-refractivity contribution in [3.63, 3.8) is 0 Å². The highest BCUT2D eigenvalue weighted by Gasteiger charge is 2.23. The molecule has 2 aromatic rings. The van der Waals surface area contributed by atoms with Crippen molar-refractivity contribution in [1.29, 1.82) is 0 Å². The lowest BCUT2D eigenvalue weighted by Gasteiger charge is -2.27. The fraction of sp³-hybridized carbons (Fsp3) is 0.533. The summed E-state index contributed by atoms with van der Waals surface area (Å²) in [7, 11) is 2.00. The van der Waals surface area contributed by atoms with Gasteiger partial charge in [-0.15, -0.1) is 10.2 Å². The lowest BCUT2D eigenvalue weighted by atomic mass is 10.2. The van der Waals surface area contributed by atoms with Gasteiger partial charge in [0.2, 0.25) is 0 Å². The maximum absolute atomic E-state index is 4.46. The highest BCUT2D eigenvalue weighted by Crippen LogP contribution is 2.20. The number of hydrogen-bond acceptors (Lipinski definition) is 5. The van der Waals surface area contributed by atoms with Gasteiger partial charge < -0.3 is 9.47 Å². The molecule has 2 aromatic heterocycles. The van der Waals surface area contributed by atoms with E-state index in [0.717, 1.165) is 44.2 Å². The van der Waals surface area contributed by atoms with E-state index in [2.05, 4.69) is 38.0 Å². The number of pyridine rings is 1. The first-order chi connectivity index (χ1) is 10.3. The van der Waals surface area contributed by atoms with Crippen LogP contribution in [0.1, 0.15) is 25.2 Å². The number of nitrogens with zero attached hydrogens (tertiary/aromatic N) is 6. The van der Waals surface area contributed by atoms with E-state index < -0.39 is 0 Å². The normalized spacial score (nSPS) is 18.5. The van der Waals surface area contributed by atoms with Crippen LogP contribution in [0.5, 0.6) is 0 Å². The van der Waals surface area contributed by atoms with Crippen molar-refractivity contribution in [3.05, 3.63) is 36.5 Å². The lowest BCUT2D eigenvalue weighted by molar-refractivity contribution is 0.214. The molecule has 0 amide bonds. The van der Waals surface area contributed by atoms with Crippen LogP contribution in [0.2, 0.25) is 0 Å². The zero-order valence-corrected chi connectivity index (χ0v) is 12.7. The minimum Gasteiger partial charge on any atom is -0.355 e. The van der Waals surface area contributed by atoms with E-state index in [1.807, 2.05) is 29.9 Å². The van der Waals surface area contributed by atoms with Crippen LogP contribution in [0, 0.1) is 0 Å². The fourth-order valence-electron chi connectivity index (χ4n) is 2.93. The smallest absolute Gasteiger partial charge is 0.149 e. The highest BCUT2D eigenvalue weighted by molar-refractivity contribution is 5.37. The largest absolute Gasteiger partial charge is 0.355 e. The molecule has 112 valence electrons. The Bertz CT molecular complexity index is 567. The summed E-state index contributed by atoms with van der Waals surface area (Å²) in [6.07, 6.45) is 4.77. The summed E-state index contributed by atoms with van der Waals surface area (Å²) in [4.78, 5) is 9.30. The van der Waals surface area contributed by atoms with Crippen molar-refractivity contribution < 1.29 is 0 Å². The van der Waals surface area contributed by atoms with Gasteiger partial charge in [-0.25, -0.2) is 4.98 Å². The molecular weight excluding hydrogens is 264 g/mol. The SMILES string of the molecule is CC(c1nncn1C)N1CCCN(c2ccccn2)CC1. The van der Waals surface area contributed by atoms with Crippen LogP contribution in [0.25, 0.3) is 0 Å². The fourth-order valence-corrected chi connectivity index (χ4v) is 2.93. The van der Waals surface area contributed by atoms with Crippen LogP contribution in [0.4, 0.5) is 5.82 Å². The van der Waals surface area contributed by atoms with Gasteiger partial charge in [0, 0.05) is 39.4 Å². The van der Waals surface area contributed by atoms with Crippen molar-refractivity contribution in [1.82, 2.24) is 24.6 Å². The second-order valence-electron chi connectivity index (χ2n) is 5.54. The van der Waals surface area contributed by atoms with E-state index in [4.69, 9.17) is 0 Å². The van der Waals surface area contributed by atoms with Crippen LogP contribution < -0.4 is 4.90 Å². The number of aromatic nitrogens is 4. The van der Waals surface area contributed by atoms with Gasteiger partial charge in [0.15, 0.2) is 0 Å². The second kappa shape index (κ2) is 6.22. The van der Waals surface area contributed by atoms with Gasteiger partial charge in [-0.05, 0) is 25.5 Å². The molecule has 1 unspecified atom stereocenters. The molecule has 0 saturated carbocycles. The van der Waals surface area contributed by atoms with E-state index >= 15 is 0 Å². The zero-order chi connectivity index (χ0) is 14.7. The molecule has 3 rings (SSSR count). The lowest BCUT2D eigenvalue weighted by Crippen LogP contribution is -2.33. The van der Waals surface area contributed by atoms with Crippen LogP contribution in [-0.2, 0) is 7.05 Å². The molecule has 6 heteroatoms. The molecule has 1 saturated heterocycles. The second-order valence-corrected chi connectivity index (χ2v) is 5.54. The van der Waals surface area contributed by atoms with E-state index in [-0.39, 0.29) is 0 Å². The number of aryl methyl sites for hydroxylation is 1. The van der Waals surface area contributed by atoms with Crippen molar-refractivity contribution in [3.8, 4) is 0 Å². The quantitative estimate of drug-likeness (QED) is 0.855. The molecular formula is C15H22N6.